The van der Waals surface area contributed by atoms with Crippen molar-refractivity contribution in [3.8, 4) is 0 Å². The van der Waals surface area contributed by atoms with Crippen molar-refractivity contribution in [2.75, 3.05) is 7.11 Å². The summed E-state index contributed by atoms with van der Waals surface area (Å²) in [6.07, 6.45) is 0.698. The highest BCUT2D eigenvalue weighted by molar-refractivity contribution is 5.37. The number of fused-ring (bicyclic) bond motifs is 1. The van der Waals surface area contributed by atoms with Crippen LogP contribution in [-0.4, -0.2) is 25.6 Å². The van der Waals surface area contributed by atoms with E-state index in [4.69, 9.17) is 4.74 Å². The smallest absolute Gasteiger partial charge is 0.381 e. The molecule has 0 bridgehead atoms. The van der Waals surface area contributed by atoms with E-state index in [-0.39, 0.29) is 23.9 Å². The van der Waals surface area contributed by atoms with Crippen LogP contribution < -0.4 is 0 Å². The molecule has 0 aromatic carbocycles. The van der Waals surface area contributed by atoms with Crippen molar-refractivity contribution in [1.82, 2.24) is 0 Å². The summed E-state index contributed by atoms with van der Waals surface area (Å²) in [7, 11) is 1.75. The summed E-state index contributed by atoms with van der Waals surface area (Å²) in [4.78, 5) is 0. The summed E-state index contributed by atoms with van der Waals surface area (Å²) in [6, 6.07) is 0. The first-order valence-electron chi connectivity index (χ1n) is 13.4. The summed E-state index contributed by atoms with van der Waals surface area (Å²) < 4.78 is 83.1. The van der Waals surface area contributed by atoms with Crippen molar-refractivity contribution in [3.05, 3.63) is 35.5 Å². The van der Waals surface area contributed by atoms with Gasteiger partial charge in [-0.25, -0.2) is 0 Å². The first kappa shape index (κ1) is 29.3. The topological polar surface area (TPSA) is 9.23 Å². The standard InChI is InChI=1S/C29H42F6O/c1-18(8-6-10-26(28(30,31)32)29(33,34)35)24-13-14-25-21(9-7-15-27(24,25)4)11-12-22-17-23(36-5)16-19(2)20(22)3/h11-12,18-19,23-26H,3,6-10,13-17H2,1-2,4-5H3/b21-11+,22-12-/t18?,19-,23?,24?,25?,27+/m0/s1. The lowest BCUT2D eigenvalue weighted by Crippen LogP contribution is -2.37. The van der Waals surface area contributed by atoms with Gasteiger partial charge < -0.3 is 4.74 Å². The van der Waals surface area contributed by atoms with Crippen molar-refractivity contribution in [1.29, 1.82) is 0 Å². The van der Waals surface area contributed by atoms with Crippen LogP contribution in [0, 0.1) is 35.0 Å². The molecule has 36 heavy (non-hydrogen) atoms. The summed E-state index contributed by atoms with van der Waals surface area (Å²) in [5.74, 6) is -2.01. The van der Waals surface area contributed by atoms with Gasteiger partial charge in [-0.3, -0.25) is 0 Å². The van der Waals surface area contributed by atoms with E-state index in [0.717, 1.165) is 44.9 Å². The molecule has 3 saturated carbocycles. The Balaban J connectivity index is 1.67. The Hall–Kier alpha value is -1.24. The summed E-state index contributed by atoms with van der Waals surface area (Å²) >= 11 is 0. The number of hydrogen-bond donors (Lipinski definition) is 0. The third kappa shape index (κ3) is 6.42. The maximum Gasteiger partial charge on any atom is 0.400 e. The predicted octanol–water partition coefficient (Wildman–Crippen LogP) is 9.60. The van der Waals surface area contributed by atoms with Crippen LogP contribution in [0.3, 0.4) is 0 Å². The van der Waals surface area contributed by atoms with Crippen LogP contribution in [0.2, 0.25) is 0 Å². The summed E-state index contributed by atoms with van der Waals surface area (Å²) in [5.41, 5.74) is 3.89. The Morgan fingerprint density at radius 3 is 2.36 bits per heavy atom. The third-order valence-electron chi connectivity index (χ3n) is 9.57. The highest BCUT2D eigenvalue weighted by atomic mass is 19.4. The molecule has 3 rings (SSSR count). The second-order valence-electron chi connectivity index (χ2n) is 11.8. The van der Waals surface area contributed by atoms with E-state index in [1.165, 1.54) is 16.7 Å². The highest BCUT2D eigenvalue weighted by Gasteiger charge is 2.56. The number of halogens is 6. The normalized spacial score (nSPS) is 35.0. The molecule has 3 aliphatic carbocycles. The number of alkyl halides is 6. The van der Waals surface area contributed by atoms with Gasteiger partial charge in [0.1, 0.15) is 0 Å². The quantitative estimate of drug-likeness (QED) is 0.304. The van der Waals surface area contributed by atoms with Gasteiger partial charge in [0.25, 0.3) is 0 Å². The zero-order valence-electron chi connectivity index (χ0n) is 22.1. The van der Waals surface area contributed by atoms with Gasteiger partial charge in [0.2, 0.25) is 0 Å². The molecule has 4 unspecified atom stereocenters. The molecule has 0 saturated heterocycles. The largest absolute Gasteiger partial charge is 0.400 e. The first-order valence-corrected chi connectivity index (χ1v) is 13.4. The number of ether oxygens (including phenoxy) is 1. The van der Waals surface area contributed by atoms with Gasteiger partial charge in [-0.2, -0.15) is 26.3 Å². The fourth-order valence-electron chi connectivity index (χ4n) is 7.45. The third-order valence-corrected chi connectivity index (χ3v) is 9.57. The Morgan fingerprint density at radius 2 is 1.75 bits per heavy atom. The molecule has 0 N–H and O–H groups in total. The molecule has 0 spiro atoms. The number of hydrogen-bond acceptors (Lipinski definition) is 1. The molecule has 1 nitrogen and oxygen atoms in total. The Morgan fingerprint density at radius 1 is 1.08 bits per heavy atom. The van der Waals surface area contributed by atoms with Crippen LogP contribution in [0.25, 0.3) is 0 Å². The van der Waals surface area contributed by atoms with Crippen molar-refractivity contribution < 1.29 is 31.1 Å². The second-order valence-corrected chi connectivity index (χ2v) is 11.8. The first-order chi connectivity index (χ1) is 16.7. The van der Waals surface area contributed by atoms with Crippen LogP contribution in [0.5, 0.6) is 0 Å². The number of methoxy groups -OCH3 is 1. The number of rotatable bonds is 7. The second kappa shape index (κ2) is 11.2. The molecule has 0 aromatic heterocycles. The van der Waals surface area contributed by atoms with Crippen LogP contribution in [0.15, 0.2) is 35.5 Å². The van der Waals surface area contributed by atoms with E-state index in [0.29, 0.717) is 24.2 Å². The van der Waals surface area contributed by atoms with Gasteiger partial charge in [0.15, 0.2) is 5.92 Å². The lowest BCUT2D eigenvalue weighted by atomic mass is 9.60. The molecule has 6 atom stereocenters. The van der Waals surface area contributed by atoms with Gasteiger partial charge in [-0.15, -0.1) is 0 Å². The van der Waals surface area contributed by atoms with Crippen molar-refractivity contribution >= 4 is 0 Å². The minimum Gasteiger partial charge on any atom is -0.381 e. The monoisotopic (exact) mass is 520 g/mol. The highest BCUT2D eigenvalue weighted by Crippen LogP contribution is 2.60. The average molecular weight is 521 g/mol. The molecular formula is C29H42F6O. The van der Waals surface area contributed by atoms with Crippen molar-refractivity contribution in [2.45, 2.75) is 103 Å². The van der Waals surface area contributed by atoms with E-state index in [9.17, 15) is 26.3 Å². The maximum absolute atomic E-state index is 12.9. The van der Waals surface area contributed by atoms with E-state index in [2.05, 4.69) is 32.6 Å². The van der Waals surface area contributed by atoms with Gasteiger partial charge in [-0.1, -0.05) is 57.9 Å². The summed E-state index contributed by atoms with van der Waals surface area (Å²) in [6.45, 7) is 10.8. The maximum atomic E-state index is 12.9. The average Bonchev–Trinajstić information content (AvgIpc) is 3.13. The Labute approximate surface area is 212 Å². The minimum absolute atomic E-state index is 0.0430. The van der Waals surface area contributed by atoms with Crippen molar-refractivity contribution in [2.24, 2.45) is 35.0 Å². The lowest BCUT2D eigenvalue weighted by molar-refractivity contribution is -0.286. The minimum atomic E-state index is -5.24. The van der Waals surface area contributed by atoms with E-state index in [1.807, 2.05) is 6.92 Å². The zero-order valence-corrected chi connectivity index (χ0v) is 22.1. The van der Waals surface area contributed by atoms with Crippen LogP contribution in [0.1, 0.15) is 85.0 Å². The van der Waals surface area contributed by atoms with Gasteiger partial charge in [0, 0.05) is 7.11 Å². The molecule has 0 heterocycles. The lowest BCUT2D eigenvalue weighted by Gasteiger charge is -2.44. The van der Waals surface area contributed by atoms with Gasteiger partial charge >= 0.3 is 12.4 Å². The fraction of sp³-hybridized carbons (Fsp3) is 0.793. The molecule has 0 aliphatic heterocycles. The van der Waals surface area contributed by atoms with Crippen LogP contribution >= 0.6 is 0 Å². The Bertz CT molecular complexity index is 824. The Kier molecular flexibility index (Phi) is 9.16. The molecule has 0 radical (unpaired) electrons. The van der Waals surface area contributed by atoms with Crippen molar-refractivity contribution in [3.63, 3.8) is 0 Å². The SMILES string of the molecule is C=C1/C(=C\C=C2/CCC[C@@]3(C)C2CCC3C(C)CCCC(C(F)(F)F)C(F)(F)F)CC(OC)C[C@@H]1C. The molecule has 7 heteroatoms. The molecular weight excluding hydrogens is 478 g/mol. The van der Waals surface area contributed by atoms with Gasteiger partial charge in [0.05, 0.1) is 6.10 Å². The van der Waals surface area contributed by atoms with E-state index < -0.39 is 24.7 Å². The van der Waals surface area contributed by atoms with E-state index >= 15 is 0 Å². The molecule has 0 amide bonds. The van der Waals surface area contributed by atoms with Crippen LogP contribution in [-0.2, 0) is 4.74 Å². The zero-order chi connectivity index (χ0) is 26.9. The molecule has 0 aromatic rings. The van der Waals surface area contributed by atoms with Crippen LogP contribution in [0.4, 0.5) is 26.3 Å². The molecule has 3 aliphatic rings. The van der Waals surface area contributed by atoms with E-state index in [1.54, 1.807) is 7.11 Å². The fourth-order valence-corrected chi connectivity index (χ4v) is 7.45. The molecule has 206 valence electrons. The predicted molar refractivity (Wildman–Crippen MR) is 131 cm³/mol. The number of allylic oxidation sites excluding steroid dienone is 4. The summed E-state index contributed by atoms with van der Waals surface area (Å²) in [5, 5.41) is 0. The molecule has 3 fully saturated rings. The van der Waals surface area contributed by atoms with Gasteiger partial charge in [-0.05, 0) is 91.6 Å².